The van der Waals surface area contributed by atoms with Gasteiger partial charge in [-0.2, -0.15) is 0 Å². The molecule has 2 saturated carbocycles. The number of halogens is 1. The van der Waals surface area contributed by atoms with E-state index in [2.05, 4.69) is 4.90 Å². The lowest BCUT2D eigenvalue weighted by atomic mass is 9.90. The average Bonchev–Trinajstić information content (AvgIpc) is 2.61. The number of rotatable bonds is 5. The number of hydrogen-bond donors (Lipinski definition) is 0. The molecule has 0 saturated heterocycles. The van der Waals surface area contributed by atoms with Gasteiger partial charge < -0.3 is 0 Å². The van der Waals surface area contributed by atoms with Gasteiger partial charge in [0.2, 0.25) is 0 Å². The molecule has 82 valence electrons. The maximum Gasteiger partial charge on any atom is 0.0235 e. The van der Waals surface area contributed by atoms with Crippen molar-refractivity contribution in [2.45, 2.75) is 63.5 Å². The van der Waals surface area contributed by atoms with E-state index in [4.69, 9.17) is 11.6 Å². The lowest BCUT2D eigenvalue weighted by molar-refractivity contribution is 0.0818. The molecule has 2 fully saturated rings. The summed E-state index contributed by atoms with van der Waals surface area (Å²) in [6.07, 6.45) is 11.3. The maximum atomic E-state index is 5.79. The van der Waals surface area contributed by atoms with Gasteiger partial charge in [0, 0.05) is 18.0 Å². The topological polar surface area (TPSA) is 3.24 Å². The highest BCUT2D eigenvalue weighted by Gasteiger charge is 2.31. The van der Waals surface area contributed by atoms with E-state index < -0.39 is 0 Å². The van der Waals surface area contributed by atoms with Crippen molar-refractivity contribution in [3.63, 3.8) is 0 Å². The SMILES string of the molecule is ClCCCN(C1CCCC1)C1CCC1. The molecule has 0 atom stereocenters. The first kappa shape index (κ1) is 10.8. The third kappa shape index (κ3) is 2.43. The maximum absolute atomic E-state index is 5.79. The Balaban J connectivity index is 1.83. The van der Waals surface area contributed by atoms with Crippen LogP contribution in [0.4, 0.5) is 0 Å². The Morgan fingerprint density at radius 2 is 1.50 bits per heavy atom. The van der Waals surface area contributed by atoms with Gasteiger partial charge in [-0.1, -0.05) is 19.3 Å². The van der Waals surface area contributed by atoms with Crippen molar-refractivity contribution in [1.82, 2.24) is 4.90 Å². The molecular formula is C12H22ClN. The van der Waals surface area contributed by atoms with Crippen LogP contribution < -0.4 is 0 Å². The predicted octanol–water partition coefficient (Wildman–Crippen LogP) is 3.41. The lowest BCUT2D eigenvalue weighted by Crippen LogP contribution is -2.46. The standard InChI is InChI=1S/C12H22ClN/c13-9-4-10-14(12-7-3-8-12)11-5-1-2-6-11/h11-12H,1-10H2. The van der Waals surface area contributed by atoms with Gasteiger partial charge >= 0.3 is 0 Å². The Morgan fingerprint density at radius 1 is 0.929 bits per heavy atom. The van der Waals surface area contributed by atoms with Gasteiger partial charge in [-0.05, 0) is 38.6 Å². The first-order chi connectivity index (χ1) is 6.92. The van der Waals surface area contributed by atoms with Gasteiger partial charge in [0.1, 0.15) is 0 Å². The van der Waals surface area contributed by atoms with Crippen LogP contribution in [0.3, 0.4) is 0 Å². The van der Waals surface area contributed by atoms with Crippen molar-refractivity contribution in [1.29, 1.82) is 0 Å². The summed E-state index contributed by atoms with van der Waals surface area (Å²) in [5.41, 5.74) is 0. The van der Waals surface area contributed by atoms with Crippen molar-refractivity contribution in [2.75, 3.05) is 12.4 Å². The number of alkyl halides is 1. The molecule has 0 heterocycles. The van der Waals surface area contributed by atoms with Crippen LogP contribution in [-0.2, 0) is 0 Å². The summed E-state index contributed by atoms with van der Waals surface area (Å²) in [5.74, 6) is 0.829. The zero-order valence-electron chi connectivity index (χ0n) is 9.05. The van der Waals surface area contributed by atoms with E-state index in [9.17, 15) is 0 Å². The third-order valence-corrected chi connectivity index (χ3v) is 4.15. The minimum Gasteiger partial charge on any atom is -0.297 e. The summed E-state index contributed by atoms with van der Waals surface area (Å²) < 4.78 is 0. The lowest BCUT2D eigenvalue weighted by Gasteiger charge is -2.41. The highest BCUT2D eigenvalue weighted by atomic mass is 35.5. The molecule has 0 radical (unpaired) electrons. The largest absolute Gasteiger partial charge is 0.297 e. The molecule has 1 nitrogen and oxygen atoms in total. The van der Waals surface area contributed by atoms with E-state index in [1.165, 1.54) is 57.9 Å². The van der Waals surface area contributed by atoms with Gasteiger partial charge in [-0.25, -0.2) is 0 Å². The fourth-order valence-corrected chi connectivity index (χ4v) is 2.98. The summed E-state index contributed by atoms with van der Waals surface area (Å²) in [6, 6.07) is 1.82. The zero-order chi connectivity index (χ0) is 9.80. The molecule has 0 N–H and O–H groups in total. The van der Waals surface area contributed by atoms with Gasteiger partial charge in [0.15, 0.2) is 0 Å². The third-order valence-electron chi connectivity index (χ3n) is 3.89. The van der Waals surface area contributed by atoms with Crippen molar-refractivity contribution in [3.8, 4) is 0 Å². The molecular weight excluding hydrogens is 194 g/mol. The van der Waals surface area contributed by atoms with E-state index >= 15 is 0 Å². The number of hydrogen-bond acceptors (Lipinski definition) is 1. The molecule has 0 bridgehead atoms. The Morgan fingerprint density at radius 3 is 1.93 bits per heavy atom. The Kier molecular flexibility index (Phi) is 4.12. The zero-order valence-corrected chi connectivity index (χ0v) is 9.81. The molecule has 2 aliphatic carbocycles. The molecule has 0 spiro atoms. The van der Waals surface area contributed by atoms with Crippen LogP contribution in [0.15, 0.2) is 0 Å². The van der Waals surface area contributed by atoms with Gasteiger partial charge in [0.05, 0.1) is 0 Å². The van der Waals surface area contributed by atoms with Crippen LogP contribution in [0.5, 0.6) is 0 Å². The monoisotopic (exact) mass is 215 g/mol. The smallest absolute Gasteiger partial charge is 0.0235 e. The Labute approximate surface area is 92.8 Å². The van der Waals surface area contributed by atoms with Crippen LogP contribution in [0.1, 0.15) is 51.4 Å². The molecule has 0 aromatic carbocycles. The quantitative estimate of drug-likeness (QED) is 0.636. The number of nitrogens with zero attached hydrogens (tertiary/aromatic N) is 1. The first-order valence-corrected chi connectivity index (χ1v) is 6.77. The van der Waals surface area contributed by atoms with Crippen molar-refractivity contribution >= 4 is 11.6 Å². The van der Waals surface area contributed by atoms with Crippen LogP contribution in [0, 0.1) is 0 Å². The van der Waals surface area contributed by atoms with Crippen LogP contribution in [-0.4, -0.2) is 29.4 Å². The van der Waals surface area contributed by atoms with Crippen molar-refractivity contribution < 1.29 is 0 Å². The van der Waals surface area contributed by atoms with Gasteiger partial charge in [-0.3, -0.25) is 4.90 Å². The minimum atomic E-state index is 0.829. The first-order valence-electron chi connectivity index (χ1n) is 6.23. The van der Waals surface area contributed by atoms with Crippen molar-refractivity contribution in [3.05, 3.63) is 0 Å². The van der Waals surface area contributed by atoms with E-state index in [1.54, 1.807) is 0 Å². The Bertz CT molecular complexity index is 162. The normalized spacial score (nSPS) is 24.4. The average molecular weight is 216 g/mol. The van der Waals surface area contributed by atoms with E-state index in [0.29, 0.717) is 0 Å². The van der Waals surface area contributed by atoms with Crippen LogP contribution in [0.2, 0.25) is 0 Å². The molecule has 2 rings (SSSR count). The summed E-state index contributed by atoms with van der Waals surface area (Å²) in [5, 5.41) is 0. The summed E-state index contributed by atoms with van der Waals surface area (Å²) in [6.45, 7) is 1.25. The summed E-state index contributed by atoms with van der Waals surface area (Å²) >= 11 is 5.79. The molecule has 0 aliphatic heterocycles. The molecule has 0 aromatic rings. The second-order valence-corrected chi connectivity index (χ2v) is 5.18. The van der Waals surface area contributed by atoms with E-state index in [0.717, 1.165) is 18.0 Å². The predicted molar refractivity (Wildman–Crippen MR) is 61.9 cm³/mol. The van der Waals surface area contributed by atoms with Crippen LogP contribution >= 0.6 is 11.6 Å². The summed E-state index contributed by atoms with van der Waals surface area (Å²) in [4.78, 5) is 2.78. The van der Waals surface area contributed by atoms with Gasteiger partial charge in [0.25, 0.3) is 0 Å². The second kappa shape index (κ2) is 5.37. The van der Waals surface area contributed by atoms with E-state index in [-0.39, 0.29) is 0 Å². The molecule has 2 heteroatoms. The molecule has 14 heavy (non-hydrogen) atoms. The van der Waals surface area contributed by atoms with Crippen LogP contribution in [0.25, 0.3) is 0 Å². The summed E-state index contributed by atoms with van der Waals surface area (Å²) in [7, 11) is 0. The van der Waals surface area contributed by atoms with E-state index in [1.807, 2.05) is 0 Å². The van der Waals surface area contributed by atoms with Gasteiger partial charge in [-0.15, -0.1) is 11.6 Å². The molecule has 2 aliphatic rings. The fraction of sp³-hybridized carbons (Fsp3) is 1.00. The Hall–Kier alpha value is 0.250. The minimum absolute atomic E-state index is 0.829. The highest BCUT2D eigenvalue weighted by molar-refractivity contribution is 6.17. The van der Waals surface area contributed by atoms with Crippen molar-refractivity contribution in [2.24, 2.45) is 0 Å². The second-order valence-electron chi connectivity index (χ2n) is 4.80. The molecule has 0 aromatic heterocycles. The highest BCUT2D eigenvalue weighted by Crippen LogP contribution is 2.32. The molecule has 0 amide bonds. The molecule has 0 unspecified atom stereocenters. The fourth-order valence-electron chi connectivity index (χ4n) is 2.86.